The normalized spacial score (nSPS) is 12.4. The van der Waals surface area contributed by atoms with Gasteiger partial charge in [0.25, 0.3) is 5.91 Å². The van der Waals surface area contributed by atoms with E-state index >= 15 is 0 Å². The molecular weight excluding hydrogens is 384 g/mol. The molecule has 0 aliphatic heterocycles. The lowest BCUT2D eigenvalue weighted by atomic mass is 10.1. The first-order valence-electron chi connectivity index (χ1n) is 8.47. The lowest BCUT2D eigenvalue weighted by molar-refractivity contribution is -0.132. The van der Waals surface area contributed by atoms with Crippen molar-refractivity contribution >= 4 is 33.0 Å². The number of likely N-dealkylation sites (N-methyl/N-ethyl adjacent to an activating group) is 1. The van der Waals surface area contributed by atoms with Crippen molar-refractivity contribution in [3.63, 3.8) is 0 Å². The quantitative estimate of drug-likeness (QED) is 0.726. The number of hydrogen-bond acceptors (Lipinski definition) is 5. The van der Waals surface area contributed by atoms with Crippen molar-refractivity contribution in [3.8, 4) is 0 Å². The van der Waals surface area contributed by atoms with Crippen LogP contribution in [0.1, 0.15) is 27.9 Å². The van der Waals surface area contributed by atoms with Crippen molar-refractivity contribution < 1.29 is 18.0 Å². The van der Waals surface area contributed by atoms with Crippen LogP contribution in [0.4, 0.5) is 0 Å². The van der Waals surface area contributed by atoms with Gasteiger partial charge in [0.2, 0.25) is 5.91 Å². The average molecular weight is 409 g/mol. The third kappa shape index (κ3) is 6.80. The van der Waals surface area contributed by atoms with E-state index in [0.717, 1.165) is 17.4 Å². The van der Waals surface area contributed by atoms with E-state index in [1.54, 1.807) is 25.2 Å². The van der Waals surface area contributed by atoms with Crippen LogP contribution in [0.2, 0.25) is 0 Å². The van der Waals surface area contributed by atoms with Crippen LogP contribution in [0, 0.1) is 6.92 Å². The minimum Gasteiger partial charge on any atom is -0.340 e. The molecule has 0 radical (unpaired) electrons. The SMILES string of the molecule is Cc1cccc(C(=O)N[C@H](CCS(C)(=O)=O)C(=O)N(C)Cc2ccsc2)c1. The van der Waals surface area contributed by atoms with Crippen LogP contribution in [0.3, 0.4) is 0 Å². The minimum atomic E-state index is -3.26. The van der Waals surface area contributed by atoms with Crippen LogP contribution in [-0.2, 0) is 21.2 Å². The number of thiophene rings is 1. The molecule has 0 aliphatic rings. The van der Waals surface area contributed by atoms with Crippen LogP contribution in [-0.4, -0.2) is 50.2 Å². The fraction of sp³-hybridized carbons (Fsp3) is 0.368. The van der Waals surface area contributed by atoms with Gasteiger partial charge in [-0.2, -0.15) is 11.3 Å². The Hall–Kier alpha value is -2.19. The van der Waals surface area contributed by atoms with Crippen molar-refractivity contribution in [3.05, 3.63) is 57.8 Å². The zero-order valence-corrected chi connectivity index (χ0v) is 17.3. The molecule has 1 aromatic heterocycles. The molecule has 0 saturated carbocycles. The number of nitrogens with one attached hydrogen (secondary N) is 1. The van der Waals surface area contributed by atoms with Crippen LogP contribution >= 0.6 is 11.3 Å². The number of nitrogens with zero attached hydrogens (tertiary/aromatic N) is 1. The van der Waals surface area contributed by atoms with Gasteiger partial charge in [-0.05, 0) is 47.9 Å². The summed E-state index contributed by atoms with van der Waals surface area (Å²) in [4.78, 5) is 26.9. The Labute approximate surface area is 164 Å². The smallest absolute Gasteiger partial charge is 0.251 e. The number of carbonyl (C=O) groups excluding carboxylic acids is 2. The summed E-state index contributed by atoms with van der Waals surface area (Å²) in [7, 11) is -1.61. The predicted molar refractivity (Wildman–Crippen MR) is 108 cm³/mol. The second kappa shape index (κ2) is 9.14. The van der Waals surface area contributed by atoms with E-state index in [4.69, 9.17) is 0 Å². The molecule has 1 atom stereocenters. The summed E-state index contributed by atoms with van der Waals surface area (Å²) in [6.07, 6.45) is 1.15. The molecular formula is C19H24N2O4S2. The molecule has 1 N–H and O–H groups in total. The molecule has 0 bridgehead atoms. The van der Waals surface area contributed by atoms with E-state index in [-0.39, 0.29) is 18.1 Å². The summed E-state index contributed by atoms with van der Waals surface area (Å²) in [5.41, 5.74) is 2.35. The molecule has 27 heavy (non-hydrogen) atoms. The number of hydrogen-bond donors (Lipinski definition) is 1. The number of benzene rings is 1. The van der Waals surface area contributed by atoms with Gasteiger partial charge in [0, 0.05) is 25.4 Å². The first kappa shape index (κ1) is 21.1. The molecule has 2 amide bonds. The molecule has 2 rings (SSSR count). The third-order valence-corrected chi connectivity index (χ3v) is 5.75. The monoisotopic (exact) mass is 408 g/mol. The largest absolute Gasteiger partial charge is 0.340 e. The van der Waals surface area contributed by atoms with E-state index in [0.29, 0.717) is 12.1 Å². The molecule has 6 nitrogen and oxygen atoms in total. The maximum absolute atomic E-state index is 12.8. The van der Waals surface area contributed by atoms with E-state index in [1.807, 2.05) is 29.8 Å². The van der Waals surface area contributed by atoms with Crippen LogP contribution in [0.25, 0.3) is 0 Å². The Morgan fingerprint density at radius 3 is 2.59 bits per heavy atom. The molecule has 1 aromatic carbocycles. The van der Waals surface area contributed by atoms with Gasteiger partial charge in [0.1, 0.15) is 15.9 Å². The summed E-state index contributed by atoms with van der Waals surface area (Å²) < 4.78 is 23.1. The van der Waals surface area contributed by atoms with Crippen LogP contribution in [0.5, 0.6) is 0 Å². The highest BCUT2D eigenvalue weighted by Gasteiger charge is 2.26. The zero-order valence-electron chi connectivity index (χ0n) is 15.6. The van der Waals surface area contributed by atoms with Gasteiger partial charge in [-0.25, -0.2) is 8.42 Å². The first-order valence-corrected chi connectivity index (χ1v) is 11.5. The maximum atomic E-state index is 12.8. The zero-order chi connectivity index (χ0) is 20.0. The maximum Gasteiger partial charge on any atom is 0.251 e. The van der Waals surface area contributed by atoms with Gasteiger partial charge in [0.15, 0.2) is 0 Å². The molecule has 1 heterocycles. The predicted octanol–water partition coefficient (Wildman–Crippen LogP) is 2.25. The van der Waals surface area contributed by atoms with Crippen LogP contribution in [0.15, 0.2) is 41.1 Å². The van der Waals surface area contributed by atoms with Crippen molar-refractivity contribution in [2.75, 3.05) is 19.1 Å². The molecule has 0 fully saturated rings. The van der Waals surface area contributed by atoms with Crippen molar-refractivity contribution in [1.82, 2.24) is 10.2 Å². The number of sulfone groups is 1. The lowest BCUT2D eigenvalue weighted by Gasteiger charge is -2.24. The molecule has 2 aromatic rings. The topological polar surface area (TPSA) is 83.5 Å². The molecule has 0 saturated heterocycles. The summed E-state index contributed by atoms with van der Waals surface area (Å²) in [6, 6.07) is 8.04. The molecule has 0 aliphatic carbocycles. The highest BCUT2D eigenvalue weighted by atomic mass is 32.2. The number of amides is 2. The first-order chi connectivity index (χ1) is 12.7. The van der Waals surface area contributed by atoms with Gasteiger partial charge in [-0.1, -0.05) is 17.7 Å². The Morgan fingerprint density at radius 1 is 1.26 bits per heavy atom. The van der Waals surface area contributed by atoms with Crippen molar-refractivity contribution in [2.45, 2.75) is 25.9 Å². The standard InChI is InChI=1S/C19H24N2O4S2/c1-14-5-4-6-16(11-14)18(22)20-17(8-10-27(3,24)25)19(23)21(2)12-15-7-9-26-13-15/h4-7,9,11,13,17H,8,10,12H2,1-3H3,(H,20,22)/t17-/m1/s1. The molecule has 0 spiro atoms. The fourth-order valence-corrected chi connectivity index (χ4v) is 3.94. The minimum absolute atomic E-state index is 0.0310. The van der Waals surface area contributed by atoms with E-state index in [9.17, 15) is 18.0 Å². The summed E-state index contributed by atoms with van der Waals surface area (Å²) in [5.74, 6) is -0.885. The Kier molecular flexibility index (Phi) is 7.15. The Morgan fingerprint density at radius 2 is 2.00 bits per heavy atom. The van der Waals surface area contributed by atoms with Crippen molar-refractivity contribution in [1.29, 1.82) is 0 Å². The van der Waals surface area contributed by atoms with Gasteiger partial charge in [-0.15, -0.1) is 0 Å². The summed E-state index contributed by atoms with van der Waals surface area (Å²) in [5, 5.41) is 6.57. The van der Waals surface area contributed by atoms with E-state index in [2.05, 4.69) is 5.32 Å². The lowest BCUT2D eigenvalue weighted by Crippen LogP contribution is -2.48. The second-order valence-electron chi connectivity index (χ2n) is 6.64. The van der Waals surface area contributed by atoms with Gasteiger partial charge < -0.3 is 10.2 Å². The van der Waals surface area contributed by atoms with Gasteiger partial charge >= 0.3 is 0 Å². The Balaban J connectivity index is 2.14. The van der Waals surface area contributed by atoms with Gasteiger partial charge in [-0.3, -0.25) is 9.59 Å². The molecule has 8 heteroatoms. The summed E-state index contributed by atoms with van der Waals surface area (Å²) in [6.45, 7) is 2.27. The van der Waals surface area contributed by atoms with Gasteiger partial charge in [0.05, 0.1) is 5.75 Å². The number of aryl methyl sites for hydroxylation is 1. The average Bonchev–Trinajstić information content (AvgIpc) is 3.09. The highest BCUT2D eigenvalue weighted by Crippen LogP contribution is 2.11. The fourth-order valence-electron chi connectivity index (χ4n) is 2.62. The molecule has 0 unspecified atom stereocenters. The number of rotatable bonds is 8. The molecule has 146 valence electrons. The van der Waals surface area contributed by atoms with E-state index < -0.39 is 21.8 Å². The highest BCUT2D eigenvalue weighted by molar-refractivity contribution is 7.90. The number of carbonyl (C=O) groups is 2. The Bertz CT molecular complexity index is 892. The second-order valence-corrected chi connectivity index (χ2v) is 9.68. The summed E-state index contributed by atoms with van der Waals surface area (Å²) >= 11 is 1.54. The third-order valence-electron chi connectivity index (χ3n) is 4.04. The van der Waals surface area contributed by atoms with Crippen molar-refractivity contribution in [2.24, 2.45) is 0 Å². The van der Waals surface area contributed by atoms with E-state index in [1.165, 1.54) is 16.2 Å². The van der Waals surface area contributed by atoms with Crippen LogP contribution < -0.4 is 5.32 Å².